The van der Waals surface area contributed by atoms with E-state index < -0.39 is 0 Å². The molecule has 96 valence electrons. The highest BCUT2D eigenvalue weighted by atomic mass is 16.5. The van der Waals surface area contributed by atoms with Crippen molar-refractivity contribution in [1.29, 1.82) is 0 Å². The molecular weight excluding hydrogens is 228 g/mol. The summed E-state index contributed by atoms with van der Waals surface area (Å²) in [6, 6.07) is 6.37. The molecule has 2 aliphatic rings. The molecule has 0 radical (unpaired) electrons. The Bertz CT molecular complexity index is 481. The Morgan fingerprint density at radius 2 is 2.22 bits per heavy atom. The molecular formula is C14H18N2O2. The van der Waals surface area contributed by atoms with Crippen LogP contribution in [-0.4, -0.2) is 32.7 Å². The maximum Gasteiger partial charge on any atom is 0.224 e. The van der Waals surface area contributed by atoms with Gasteiger partial charge in [-0.3, -0.25) is 4.79 Å². The number of fused-ring (bicyclic) bond motifs is 1. The lowest BCUT2D eigenvalue weighted by atomic mass is 9.77. The van der Waals surface area contributed by atoms with Crippen LogP contribution in [0.3, 0.4) is 0 Å². The highest BCUT2D eigenvalue weighted by Crippen LogP contribution is 2.35. The summed E-state index contributed by atoms with van der Waals surface area (Å²) >= 11 is 0. The van der Waals surface area contributed by atoms with Crippen LogP contribution in [0.2, 0.25) is 0 Å². The van der Waals surface area contributed by atoms with Gasteiger partial charge in [-0.2, -0.15) is 0 Å². The van der Waals surface area contributed by atoms with Gasteiger partial charge >= 0.3 is 0 Å². The van der Waals surface area contributed by atoms with E-state index in [-0.39, 0.29) is 11.3 Å². The minimum atomic E-state index is 0.116. The summed E-state index contributed by atoms with van der Waals surface area (Å²) in [5, 5.41) is 6.17. The van der Waals surface area contributed by atoms with Gasteiger partial charge in [0.2, 0.25) is 5.91 Å². The largest absolute Gasteiger partial charge is 0.379 e. The molecule has 1 aromatic rings. The number of rotatable bonds is 3. The van der Waals surface area contributed by atoms with E-state index in [2.05, 4.69) is 22.8 Å². The fourth-order valence-corrected chi connectivity index (χ4v) is 2.77. The van der Waals surface area contributed by atoms with Gasteiger partial charge in [-0.1, -0.05) is 12.1 Å². The molecule has 0 atom stereocenters. The Balaban J connectivity index is 1.92. The van der Waals surface area contributed by atoms with Crippen LogP contribution in [-0.2, 0) is 21.4 Å². The number of likely N-dealkylation sites (N-methyl/N-ethyl adjacent to an activating group) is 1. The molecule has 0 aromatic heterocycles. The van der Waals surface area contributed by atoms with Crippen molar-refractivity contribution < 1.29 is 9.53 Å². The first-order chi connectivity index (χ1) is 8.73. The Hall–Kier alpha value is -1.39. The van der Waals surface area contributed by atoms with Gasteiger partial charge < -0.3 is 15.4 Å². The highest BCUT2D eigenvalue weighted by Gasteiger charge is 2.40. The predicted molar refractivity (Wildman–Crippen MR) is 69.8 cm³/mol. The summed E-state index contributed by atoms with van der Waals surface area (Å²) < 4.78 is 5.40. The summed E-state index contributed by atoms with van der Waals surface area (Å²) in [6.07, 6.45) is 1.43. The van der Waals surface area contributed by atoms with Crippen molar-refractivity contribution in [2.45, 2.75) is 18.3 Å². The topological polar surface area (TPSA) is 50.4 Å². The molecule has 0 saturated carbocycles. The van der Waals surface area contributed by atoms with E-state index in [1.165, 1.54) is 11.1 Å². The van der Waals surface area contributed by atoms with Crippen molar-refractivity contribution in [3.63, 3.8) is 0 Å². The summed E-state index contributed by atoms with van der Waals surface area (Å²) in [7, 11) is 1.97. The fraction of sp³-hybridized carbons (Fsp3) is 0.500. The number of hydrogen-bond donors (Lipinski definition) is 2. The van der Waals surface area contributed by atoms with Crippen LogP contribution in [0.15, 0.2) is 18.2 Å². The first-order valence-corrected chi connectivity index (χ1v) is 6.39. The molecule has 0 spiro atoms. The molecule has 2 heterocycles. The van der Waals surface area contributed by atoms with Crippen LogP contribution in [0.4, 0.5) is 5.69 Å². The van der Waals surface area contributed by atoms with Crippen LogP contribution in [0.5, 0.6) is 0 Å². The monoisotopic (exact) mass is 246 g/mol. The summed E-state index contributed by atoms with van der Waals surface area (Å²) in [6.45, 7) is 2.48. The second-order valence-corrected chi connectivity index (χ2v) is 5.22. The van der Waals surface area contributed by atoms with E-state index in [0.29, 0.717) is 6.42 Å². The molecule has 4 heteroatoms. The molecule has 0 aliphatic carbocycles. The van der Waals surface area contributed by atoms with E-state index in [9.17, 15) is 4.79 Å². The first-order valence-electron chi connectivity index (χ1n) is 6.39. The Morgan fingerprint density at radius 3 is 2.89 bits per heavy atom. The number of benzene rings is 1. The Labute approximate surface area is 107 Å². The second kappa shape index (κ2) is 4.37. The van der Waals surface area contributed by atoms with Gasteiger partial charge in [0, 0.05) is 18.7 Å². The molecule has 1 fully saturated rings. The van der Waals surface area contributed by atoms with Crippen LogP contribution in [0.1, 0.15) is 17.5 Å². The normalized spacial score (nSPS) is 20.8. The van der Waals surface area contributed by atoms with Crippen LogP contribution < -0.4 is 10.6 Å². The molecule has 3 rings (SSSR count). The van der Waals surface area contributed by atoms with Crippen molar-refractivity contribution in [3.8, 4) is 0 Å². The van der Waals surface area contributed by atoms with Crippen LogP contribution >= 0.6 is 0 Å². The van der Waals surface area contributed by atoms with Crippen molar-refractivity contribution in [3.05, 3.63) is 29.3 Å². The van der Waals surface area contributed by atoms with Crippen molar-refractivity contribution in [2.75, 3.05) is 32.1 Å². The lowest BCUT2D eigenvalue weighted by Gasteiger charge is -2.42. The second-order valence-electron chi connectivity index (χ2n) is 5.22. The van der Waals surface area contributed by atoms with Crippen LogP contribution in [0, 0.1) is 0 Å². The number of amides is 1. The van der Waals surface area contributed by atoms with Gasteiger partial charge in [0.1, 0.15) is 0 Å². The zero-order valence-corrected chi connectivity index (χ0v) is 10.6. The Kier molecular flexibility index (Phi) is 2.84. The Morgan fingerprint density at radius 1 is 1.39 bits per heavy atom. The number of ether oxygens (including phenoxy) is 1. The zero-order chi connectivity index (χ0) is 12.6. The number of anilines is 1. The van der Waals surface area contributed by atoms with Crippen molar-refractivity contribution >= 4 is 11.6 Å². The number of carbonyl (C=O) groups is 1. The summed E-state index contributed by atoms with van der Waals surface area (Å²) in [4.78, 5) is 11.3. The summed E-state index contributed by atoms with van der Waals surface area (Å²) in [5.41, 5.74) is 3.65. The van der Waals surface area contributed by atoms with Crippen molar-refractivity contribution in [2.24, 2.45) is 0 Å². The minimum Gasteiger partial charge on any atom is -0.379 e. The van der Waals surface area contributed by atoms with Gasteiger partial charge in [-0.15, -0.1) is 0 Å². The van der Waals surface area contributed by atoms with E-state index >= 15 is 0 Å². The number of carbonyl (C=O) groups excluding carboxylic acids is 1. The fourth-order valence-electron chi connectivity index (χ4n) is 2.77. The molecule has 1 aromatic carbocycles. The molecule has 18 heavy (non-hydrogen) atoms. The van der Waals surface area contributed by atoms with E-state index in [0.717, 1.165) is 31.9 Å². The third-order valence-electron chi connectivity index (χ3n) is 3.88. The molecule has 0 unspecified atom stereocenters. The van der Waals surface area contributed by atoms with E-state index in [1.54, 1.807) is 0 Å². The molecule has 2 aliphatic heterocycles. The van der Waals surface area contributed by atoms with Gasteiger partial charge in [-0.05, 0) is 30.7 Å². The predicted octanol–water partition coefficient (Wildman–Crippen LogP) is 1.06. The van der Waals surface area contributed by atoms with Gasteiger partial charge in [0.05, 0.1) is 18.6 Å². The standard InChI is InChI=1S/C14H18N2O2/c1-15-7-14(8-18-9-14)11-3-4-12-10(6-11)2-5-13(17)16-12/h3-4,6,15H,2,5,7-9H2,1H3,(H,16,17). The van der Waals surface area contributed by atoms with Gasteiger partial charge in [0.25, 0.3) is 0 Å². The zero-order valence-electron chi connectivity index (χ0n) is 10.6. The number of hydrogen-bond acceptors (Lipinski definition) is 3. The van der Waals surface area contributed by atoms with Gasteiger partial charge in [0.15, 0.2) is 0 Å². The molecule has 1 amide bonds. The maximum absolute atomic E-state index is 11.3. The van der Waals surface area contributed by atoms with Crippen molar-refractivity contribution in [1.82, 2.24) is 5.32 Å². The summed E-state index contributed by atoms with van der Waals surface area (Å²) in [5.74, 6) is 0.118. The molecule has 4 nitrogen and oxygen atoms in total. The molecule has 1 saturated heterocycles. The highest BCUT2D eigenvalue weighted by molar-refractivity contribution is 5.93. The molecule has 2 N–H and O–H groups in total. The minimum absolute atomic E-state index is 0.116. The SMILES string of the molecule is CNCC1(c2ccc3c(c2)CCC(=O)N3)COC1. The third kappa shape index (κ3) is 1.82. The lowest BCUT2D eigenvalue weighted by molar-refractivity contribution is -0.116. The van der Waals surface area contributed by atoms with Crippen LogP contribution in [0.25, 0.3) is 0 Å². The number of aryl methyl sites for hydroxylation is 1. The third-order valence-corrected chi connectivity index (χ3v) is 3.88. The molecule has 0 bridgehead atoms. The lowest BCUT2D eigenvalue weighted by Crippen LogP contribution is -2.52. The first kappa shape index (κ1) is 11.7. The average molecular weight is 246 g/mol. The van der Waals surface area contributed by atoms with Gasteiger partial charge in [-0.25, -0.2) is 0 Å². The number of nitrogens with one attached hydrogen (secondary N) is 2. The average Bonchev–Trinajstić information content (AvgIpc) is 2.33. The maximum atomic E-state index is 11.3. The van der Waals surface area contributed by atoms with E-state index in [1.807, 2.05) is 13.1 Å². The quantitative estimate of drug-likeness (QED) is 0.838. The van der Waals surface area contributed by atoms with E-state index in [4.69, 9.17) is 4.74 Å². The smallest absolute Gasteiger partial charge is 0.224 e.